The number of halogens is 1. The molecule has 1 aromatic heterocycles. The zero-order chi connectivity index (χ0) is 11.3. The van der Waals surface area contributed by atoms with Gasteiger partial charge in [-0.15, -0.1) is 0 Å². The number of nitrogens with zero attached hydrogens (tertiary/aromatic N) is 3. The normalized spacial score (nSPS) is 27.0. The smallest absolute Gasteiger partial charge is 0.350 e. The maximum absolute atomic E-state index is 11.8. The predicted octanol–water partition coefficient (Wildman–Crippen LogP) is 1.66. The fraction of sp³-hybridized carbons (Fsp3) is 0.636. The molecule has 0 amide bonds. The monoisotopic (exact) mass is 239 g/mol. The second-order valence-corrected chi connectivity index (χ2v) is 5.03. The van der Waals surface area contributed by atoms with Crippen LogP contribution in [0.1, 0.15) is 26.2 Å². The largest absolute Gasteiger partial charge is 0.350 e. The predicted molar refractivity (Wildman–Crippen MR) is 63.1 cm³/mol. The van der Waals surface area contributed by atoms with Crippen molar-refractivity contribution in [2.75, 3.05) is 11.4 Å². The van der Waals surface area contributed by atoms with Gasteiger partial charge in [0.05, 0.1) is 12.1 Å². The molecule has 0 bridgehead atoms. The van der Waals surface area contributed by atoms with E-state index in [9.17, 15) is 4.79 Å². The third-order valence-electron chi connectivity index (χ3n) is 3.94. The summed E-state index contributed by atoms with van der Waals surface area (Å²) in [6.45, 7) is 3.97. The molecule has 0 N–H and O–H groups in total. The van der Waals surface area contributed by atoms with Crippen LogP contribution < -0.4 is 10.6 Å². The van der Waals surface area contributed by atoms with Gasteiger partial charge in [0.2, 0.25) is 0 Å². The maximum atomic E-state index is 11.8. The van der Waals surface area contributed by atoms with Crippen molar-refractivity contribution in [3.8, 4) is 0 Å². The Kier molecular flexibility index (Phi) is 2.05. The summed E-state index contributed by atoms with van der Waals surface area (Å²) in [7, 11) is 0. The molecule has 0 spiro atoms. The lowest BCUT2D eigenvalue weighted by Crippen LogP contribution is -2.41. The van der Waals surface area contributed by atoms with Crippen molar-refractivity contribution in [3.63, 3.8) is 0 Å². The molecule has 1 aromatic rings. The summed E-state index contributed by atoms with van der Waals surface area (Å²) in [5.41, 5.74) is -0.0804. The highest BCUT2D eigenvalue weighted by Crippen LogP contribution is 2.42. The molecule has 3 rings (SSSR count). The molecule has 1 fully saturated rings. The van der Waals surface area contributed by atoms with E-state index in [1.54, 1.807) is 4.57 Å². The van der Waals surface area contributed by atoms with E-state index in [-0.39, 0.29) is 11.2 Å². The fourth-order valence-electron chi connectivity index (χ4n) is 3.07. The van der Waals surface area contributed by atoms with Crippen molar-refractivity contribution in [1.29, 1.82) is 0 Å². The summed E-state index contributed by atoms with van der Waals surface area (Å²) in [5.74, 6) is 0.948. The minimum atomic E-state index is -0.218. The maximum Gasteiger partial charge on any atom is 0.350 e. The van der Waals surface area contributed by atoms with Crippen LogP contribution in [0.5, 0.6) is 0 Å². The molecule has 0 saturated carbocycles. The van der Waals surface area contributed by atoms with Gasteiger partial charge in [0.25, 0.3) is 0 Å². The van der Waals surface area contributed by atoms with Crippen molar-refractivity contribution in [2.45, 2.75) is 38.3 Å². The SMILES string of the molecule is CCC12CCCN1c1cc(Cl)nc(=O)n1C2. The number of rotatable bonds is 1. The van der Waals surface area contributed by atoms with Crippen LogP contribution in [-0.4, -0.2) is 21.6 Å². The number of anilines is 1. The van der Waals surface area contributed by atoms with Gasteiger partial charge in [-0.3, -0.25) is 4.57 Å². The quantitative estimate of drug-likeness (QED) is 0.700. The van der Waals surface area contributed by atoms with Crippen LogP contribution >= 0.6 is 11.6 Å². The van der Waals surface area contributed by atoms with Crippen molar-refractivity contribution in [1.82, 2.24) is 9.55 Å². The van der Waals surface area contributed by atoms with Gasteiger partial charge in [-0.25, -0.2) is 4.79 Å². The molecule has 0 aromatic carbocycles. The summed E-state index contributed by atoms with van der Waals surface area (Å²) in [4.78, 5) is 17.9. The van der Waals surface area contributed by atoms with Crippen LogP contribution in [0, 0.1) is 0 Å². The lowest BCUT2D eigenvalue weighted by molar-refractivity contribution is 0.391. The van der Waals surface area contributed by atoms with Crippen LogP contribution in [0.25, 0.3) is 0 Å². The van der Waals surface area contributed by atoms with Crippen molar-refractivity contribution < 1.29 is 0 Å². The number of hydrogen-bond donors (Lipinski definition) is 0. The first-order valence-electron chi connectivity index (χ1n) is 5.71. The highest BCUT2D eigenvalue weighted by atomic mass is 35.5. The van der Waals surface area contributed by atoms with Crippen molar-refractivity contribution in [3.05, 3.63) is 21.7 Å². The Morgan fingerprint density at radius 1 is 1.62 bits per heavy atom. The first-order chi connectivity index (χ1) is 7.66. The van der Waals surface area contributed by atoms with Crippen LogP contribution in [-0.2, 0) is 6.54 Å². The molecule has 86 valence electrons. The molecule has 1 unspecified atom stereocenters. The van der Waals surface area contributed by atoms with Gasteiger partial charge >= 0.3 is 5.69 Å². The second kappa shape index (κ2) is 3.23. The molecule has 1 saturated heterocycles. The molecule has 0 radical (unpaired) electrons. The van der Waals surface area contributed by atoms with E-state index in [1.165, 1.54) is 6.42 Å². The molecule has 4 nitrogen and oxygen atoms in total. The van der Waals surface area contributed by atoms with E-state index in [0.29, 0.717) is 5.15 Å². The minimum absolute atomic E-state index is 0.137. The summed E-state index contributed by atoms with van der Waals surface area (Å²) >= 11 is 5.86. The van der Waals surface area contributed by atoms with Crippen molar-refractivity contribution >= 4 is 17.4 Å². The molecule has 16 heavy (non-hydrogen) atoms. The highest BCUT2D eigenvalue weighted by Gasteiger charge is 2.46. The van der Waals surface area contributed by atoms with Gasteiger partial charge in [-0.2, -0.15) is 4.98 Å². The minimum Gasteiger partial charge on any atom is -0.350 e. The Morgan fingerprint density at radius 3 is 3.19 bits per heavy atom. The Morgan fingerprint density at radius 2 is 2.44 bits per heavy atom. The number of hydrogen-bond acceptors (Lipinski definition) is 3. The molecule has 2 aliphatic rings. The first-order valence-corrected chi connectivity index (χ1v) is 6.09. The second-order valence-electron chi connectivity index (χ2n) is 4.64. The van der Waals surface area contributed by atoms with Crippen LogP contribution in [0.2, 0.25) is 5.15 Å². The van der Waals surface area contributed by atoms with E-state index >= 15 is 0 Å². The standard InChI is InChI=1S/C11H14ClN3O/c1-2-11-4-3-5-15(11)9-6-8(12)13-10(16)14(9)7-11/h6H,2-5,7H2,1H3. The summed E-state index contributed by atoms with van der Waals surface area (Å²) < 4.78 is 1.76. The molecule has 2 aliphatic heterocycles. The highest BCUT2D eigenvalue weighted by molar-refractivity contribution is 6.29. The van der Waals surface area contributed by atoms with E-state index in [0.717, 1.165) is 31.7 Å². The van der Waals surface area contributed by atoms with Crippen LogP contribution in [0.3, 0.4) is 0 Å². The molecular weight excluding hydrogens is 226 g/mol. The van der Waals surface area contributed by atoms with Gasteiger partial charge in [0.15, 0.2) is 0 Å². The van der Waals surface area contributed by atoms with Gasteiger partial charge in [0.1, 0.15) is 11.0 Å². The van der Waals surface area contributed by atoms with E-state index in [2.05, 4.69) is 16.8 Å². The first kappa shape index (κ1) is 10.1. The Bertz CT molecular complexity index is 498. The van der Waals surface area contributed by atoms with E-state index in [4.69, 9.17) is 11.6 Å². The zero-order valence-electron chi connectivity index (χ0n) is 9.24. The summed E-state index contributed by atoms with van der Waals surface area (Å²) in [5, 5.41) is 0.301. The number of fused-ring (bicyclic) bond motifs is 3. The summed E-state index contributed by atoms with van der Waals surface area (Å²) in [6.07, 6.45) is 3.41. The van der Waals surface area contributed by atoms with Gasteiger partial charge in [-0.05, 0) is 19.3 Å². The lowest BCUT2D eigenvalue weighted by Gasteiger charge is -2.31. The van der Waals surface area contributed by atoms with Crippen molar-refractivity contribution in [2.24, 2.45) is 0 Å². The lowest BCUT2D eigenvalue weighted by atomic mass is 9.94. The molecule has 0 aliphatic carbocycles. The van der Waals surface area contributed by atoms with Gasteiger partial charge < -0.3 is 4.90 Å². The molecular formula is C11H14ClN3O. The third kappa shape index (κ3) is 1.16. The molecule has 3 heterocycles. The van der Waals surface area contributed by atoms with E-state index < -0.39 is 0 Å². The third-order valence-corrected chi connectivity index (χ3v) is 4.14. The average Bonchev–Trinajstić information content (AvgIpc) is 2.76. The van der Waals surface area contributed by atoms with Crippen LogP contribution in [0.4, 0.5) is 5.82 Å². The van der Waals surface area contributed by atoms with E-state index in [1.807, 2.05) is 6.07 Å². The van der Waals surface area contributed by atoms with Gasteiger partial charge in [0, 0.05) is 12.6 Å². The zero-order valence-corrected chi connectivity index (χ0v) is 10.00. The Hall–Kier alpha value is -1.03. The topological polar surface area (TPSA) is 38.1 Å². The number of aromatic nitrogens is 2. The fourth-order valence-corrected chi connectivity index (χ4v) is 3.24. The molecule has 1 atom stereocenters. The molecule has 5 heteroatoms. The van der Waals surface area contributed by atoms with Gasteiger partial charge in [-0.1, -0.05) is 18.5 Å². The Balaban J connectivity index is 2.18. The Labute approximate surface area is 98.8 Å². The van der Waals surface area contributed by atoms with Crippen LogP contribution in [0.15, 0.2) is 10.9 Å². The average molecular weight is 240 g/mol. The summed E-state index contributed by atoms with van der Waals surface area (Å²) in [6, 6.07) is 1.81.